The Kier molecular flexibility index (Phi) is 3.25. The van der Waals surface area contributed by atoms with E-state index in [0.29, 0.717) is 12.4 Å². The number of alkyl halides is 4. The molecule has 1 aliphatic rings. The van der Waals surface area contributed by atoms with Gasteiger partial charge in [-0.1, -0.05) is 12.1 Å². The van der Waals surface area contributed by atoms with Gasteiger partial charge < -0.3 is 5.32 Å². The highest BCUT2D eigenvalue weighted by Gasteiger charge is 2.42. The second-order valence-corrected chi connectivity index (χ2v) is 4.80. The fourth-order valence-corrected chi connectivity index (χ4v) is 2.06. The van der Waals surface area contributed by atoms with E-state index in [9.17, 15) is 13.2 Å². The van der Waals surface area contributed by atoms with E-state index >= 15 is 0 Å². The predicted molar refractivity (Wildman–Crippen MR) is 62.3 cm³/mol. The van der Waals surface area contributed by atoms with Crippen molar-refractivity contribution in [2.24, 2.45) is 5.41 Å². The van der Waals surface area contributed by atoms with Crippen LogP contribution in [0.4, 0.5) is 18.9 Å². The van der Waals surface area contributed by atoms with Crippen molar-refractivity contribution < 1.29 is 13.2 Å². The first-order valence-electron chi connectivity index (χ1n) is 5.43. The lowest BCUT2D eigenvalue weighted by atomic mass is 10.1. The van der Waals surface area contributed by atoms with Gasteiger partial charge in [-0.15, -0.1) is 11.6 Å². The summed E-state index contributed by atoms with van der Waals surface area (Å²) in [5.74, 6) is 0.494. The van der Waals surface area contributed by atoms with Gasteiger partial charge >= 0.3 is 6.18 Å². The number of halogens is 4. The lowest BCUT2D eigenvalue weighted by Gasteiger charge is -2.17. The van der Waals surface area contributed by atoms with E-state index in [-0.39, 0.29) is 11.1 Å². The molecule has 1 aromatic rings. The maximum Gasteiger partial charge on any atom is 0.418 e. The van der Waals surface area contributed by atoms with Crippen molar-refractivity contribution in [2.45, 2.75) is 19.0 Å². The summed E-state index contributed by atoms with van der Waals surface area (Å²) in [6, 6.07) is 5.52. The summed E-state index contributed by atoms with van der Waals surface area (Å²) in [5, 5.41) is 2.87. The SMILES string of the molecule is FC(F)(F)c1ccccc1NCC1(CCl)CC1. The molecule has 2 rings (SSSR count). The molecule has 1 aromatic carbocycles. The number of hydrogen-bond acceptors (Lipinski definition) is 1. The summed E-state index contributed by atoms with van der Waals surface area (Å²) in [6.07, 6.45) is -2.35. The van der Waals surface area contributed by atoms with Crippen LogP contribution in [0.1, 0.15) is 18.4 Å². The highest BCUT2D eigenvalue weighted by atomic mass is 35.5. The molecule has 0 aromatic heterocycles. The monoisotopic (exact) mass is 263 g/mol. The van der Waals surface area contributed by atoms with Gasteiger partial charge in [0, 0.05) is 23.5 Å². The molecule has 0 spiro atoms. The highest BCUT2D eigenvalue weighted by molar-refractivity contribution is 6.18. The third-order valence-corrected chi connectivity index (χ3v) is 3.69. The summed E-state index contributed by atoms with van der Waals surface area (Å²) in [6.45, 7) is 0.504. The van der Waals surface area contributed by atoms with Crippen molar-refractivity contribution in [3.63, 3.8) is 0 Å². The maximum atomic E-state index is 12.7. The van der Waals surface area contributed by atoms with E-state index in [0.717, 1.165) is 18.9 Å². The first-order chi connectivity index (χ1) is 7.97. The van der Waals surface area contributed by atoms with Crippen LogP contribution in [0.15, 0.2) is 24.3 Å². The van der Waals surface area contributed by atoms with Gasteiger partial charge in [0.2, 0.25) is 0 Å². The lowest BCUT2D eigenvalue weighted by Crippen LogP contribution is -2.19. The van der Waals surface area contributed by atoms with E-state index in [1.54, 1.807) is 6.07 Å². The highest BCUT2D eigenvalue weighted by Crippen LogP contribution is 2.47. The Morgan fingerprint density at radius 2 is 1.88 bits per heavy atom. The normalized spacial score (nSPS) is 17.9. The minimum absolute atomic E-state index is 0.000263. The molecule has 1 saturated carbocycles. The van der Waals surface area contributed by atoms with Crippen molar-refractivity contribution in [1.82, 2.24) is 0 Å². The van der Waals surface area contributed by atoms with E-state index < -0.39 is 11.7 Å². The van der Waals surface area contributed by atoms with Gasteiger partial charge in [-0.05, 0) is 25.0 Å². The van der Waals surface area contributed by atoms with Crippen molar-refractivity contribution in [2.75, 3.05) is 17.7 Å². The second kappa shape index (κ2) is 4.41. The Hall–Kier alpha value is -0.900. The van der Waals surface area contributed by atoms with E-state index in [4.69, 9.17) is 11.6 Å². The molecule has 1 nitrogen and oxygen atoms in total. The van der Waals surface area contributed by atoms with Gasteiger partial charge in [-0.2, -0.15) is 13.2 Å². The van der Waals surface area contributed by atoms with Crippen LogP contribution in [-0.2, 0) is 6.18 Å². The van der Waals surface area contributed by atoms with Crippen LogP contribution < -0.4 is 5.32 Å². The molecule has 0 saturated heterocycles. The molecule has 0 radical (unpaired) electrons. The molecule has 0 heterocycles. The van der Waals surface area contributed by atoms with E-state index in [2.05, 4.69) is 5.32 Å². The fraction of sp³-hybridized carbons (Fsp3) is 0.500. The zero-order valence-corrected chi connectivity index (χ0v) is 9.91. The summed E-state index contributed by atoms with van der Waals surface area (Å²) in [7, 11) is 0. The van der Waals surface area contributed by atoms with Crippen LogP contribution in [0.25, 0.3) is 0 Å². The second-order valence-electron chi connectivity index (χ2n) is 4.53. The Balaban J connectivity index is 2.10. The summed E-state index contributed by atoms with van der Waals surface area (Å²) < 4.78 is 38.1. The Labute approximate surface area is 103 Å². The first kappa shape index (κ1) is 12.6. The molecule has 1 fully saturated rings. The molecule has 5 heteroatoms. The van der Waals surface area contributed by atoms with Crippen LogP contribution in [-0.4, -0.2) is 12.4 Å². The zero-order valence-electron chi connectivity index (χ0n) is 9.15. The minimum atomic E-state index is -4.32. The predicted octanol–water partition coefficient (Wildman–Crippen LogP) is 4.14. The summed E-state index contributed by atoms with van der Waals surface area (Å²) in [5.41, 5.74) is -0.484. The van der Waals surface area contributed by atoms with Crippen LogP contribution >= 0.6 is 11.6 Å². The van der Waals surface area contributed by atoms with Gasteiger partial charge in [0.25, 0.3) is 0 Å². The van der Waals surface area contributed by atoms with Gasteiger partial charge in [0.1, 0.15) is 0 Å². The summed E-state index contributed by atoms with van der Waals surface area (Å²) >= 11 is 5.79. The number of anilines is 1. The largest absolute Gasteiger partial charge is 0.418 e. The minimum Gasteiger partial charge on any atom is -0.384 e. The molecule has 1 aliphatic carbocycles. The number of para-hydroxylation sites is 1. The van der Waals surface area contributed by atoms with Gasteiger partial charge in [-0.3, -0.25) is 0 Å². The van der Waals surface area contributed by atoms with Crippen LogP contribution in [0.2, 0.25) is 0 Å². The standard InChI is InChI=1S/C12H13ClF3N/c13-7-11(5-6-11)8-17-10-4-2-1-3-9(10)12(14,15)16/h1-4,17H,5-8H2. The quantitative estimate of drug-likeness (QED) is 0.805. The van der Waals surface area contributed by atoms with E-state index in [1.165, 1.54) is 12.1 Å². The molecule has 0 atom stereocenters. The number of rotatable bonds is 4. The van der Waals surface area contributed by atoms with Crippen molar-refractivity contribution >= 4 is 17.3 Å². The maximum absolute atomic E-state index is 12.7. The average Bonchev–Trinajstić information content (AvgIpc) is 3.06. The third kappa shape index (κ3) is 2.86. The number of nitrogens with one attached hydrogen (secondary N) is 1. The molecule has 0 unspecified atom stereocenters. The number of hydrogen-bond donors (Lipinski definition) is 1. The molecule has 0 amide bonds. The van der Waals surface area contributed by atoms with E-state index in [1.807, 2.05) is 0 Å². The van der Waals surface area contributed by atoms with Gasteiger partial charge in [0.15, 0.2) is 0 Å². The van der Waals surface area contributed by atoms with Gasteiger partial charge in [-0.25, -0.2) is 0 Å². The Bertz CT molecular complexity index is 399. The molecule has 0 aliphatic heterocycles. The fourth-order valence-electron chi connectivity index (χ4n) is 1.70. The van der Waals surface area contributed by atoms with Crippen molar-refractivity contribution in [3.8, 4) is 0 Å². The lowest BCUT2D eigenvalue weighted by molar-refractivity contribution is -0.137. The smallest absolute Gasteiger partial charge is 0.384 e. The molecular weight excluding hydrogens is 251 g/mol. The summed E-state index contributed by atoms with van der Waals surface area (Å²) in [4.78, 5) is 0. The third-order valence-electron chi connectivity index (χ3n) is 3.13. The van der Waals surface area contributed by atoms with Crippen molar-refractivity contribution in [3.05, 3.63) is 29.8 Å². The number of benzene rings is 1. The molecule has 17 heavy (non-hydrogen) atoms. The van der Waals surface area contributed by atoms with Gasteiger partial charge in [0.05, 0.1) is 5.56 Å². The molecule has 94 valence electrons. The van der Waals surface area contributed by atoms with Crippen LogP contribution in [0.3, 0.4) is 0 Å². The zero-order chi connectivity index (χ0) is 12.5. The first-order valence-corrected chi connectivity index (χ1v) is 5.96. The van der Waals surface area contributed by atoms with Crippen LogP contribution in [0.5, 0.6) is 0 Å². The Morgan fingerprint density at radius 1 is 1.24 bits per heavy atom. The molecule has 0 bridgehead atoms. The van der Waals surface area contributed by atoms with Crippen LogP contribution in [0, 0.1) is 5.41 Å². The molecule has 1 N–H and O–H groups in total. The van der Waals surface area contributed by atoms with Crippen molar-refractivity contribution in [1.29, 1.82) is 0 Å². The topological polar surface area (TPSA) is 12.0 Å². The average molecular weight is 264 g/mol. The molecular formula is C12H13ClF3N. The Morgan fingerprint density at radius 3 is 2.41 bits per heavy atom.